The van der Waals surface area contributed by atoms with Crippen LogP contribution in [0.2, 0.25) is 0 Å². The van der Waals surface area contributed by atoms with Crippen LogP contribution in [0.3, 0.4) is 0 Å². The molecule has 0 saturated heterocycles. The van der Waals surface area contributed by atoms with Gasteiger partial charge in [0.2, 0.25) is 6.17 Å². The summed E-state index contributed by atoms with van der Waals surface area (Å²) in [5.74, 6) is -0.275. The van der Waals surface area contributed by atoms with E-state index < -0.39 is 11.0 Å². The number of carbonyl (C=O) groups excluding carboxylic acids is 1. The molecule has 0 unspecified atom stereocenters. The van der Waals surface area contributed by atoms with Crippen LogP contribution in [-0.4, -0.2) is 10.5 Å². The number of aromatic nitrogens is 1. The van der Waals surface area contributed by atoms with Crippen molar-refractivity contribution in [1.29, 1.82) is 0 Å². The maximum absolute atomic E-state index is 12.9. The van der Waals surface area contributed by atoms with Crippen molar-refractivity contribution in [3.05, 3.63) is 71.4 Å². The van der Waals surface area contributed by atoms with Crippen molar-refractivity contribution in [2.75, 3.05) is 5.32 Å². The Kier molecular flexibility index (Phi) is 4.96. The third-order valence-corrected chi connectivity index (χ3v) is 5.12. The highest BCUT2D eigenvalue weighted by atomic mass is 35.5. The topological polar surface area (TPSA) is 58.8 Å². The fourth-order valence-corrected chi connectivity index (χ4v) is 3.70. The number of fused-ring (bicyclic) bond motifs is 3. The molecule has 1 aromatic heterocycles. The van der Waals surface area contributed by atoms with E-state index in [2.05, 4.69) is 15.5 Å². The van der Waals surface area contributed by atoms with Crippen molar-refractivity contribution in [2.24, 2.45) is 10.2 Å². The molecule has 1 aliphatic heterocycles. The van der Waals surface area contributed by atoms with Gasteiger partial charge in [0.05, 0.1) is 17.1 Å². The fraction of sp³-hybridized carbons (Fsp3) is 0.190. The number of azo groups is 1. The summed E-state index contributed by atoms with van der Waals surface area (Å²) in [7, 11) is 0. The van der Waals surface area contributed by atoms with E-state index in [1.807, 2.05) is 62.4 Å². The second-order valence-electron chi connectivity index (χ2n) is 6.79. The molecule has 2 aromatic carbocycles. The molecule has 4 rings (SSSR count). The molecule has 2 heterocycles. The first-order valence-electron chi connectivity index (χ1n) is 8.82. The van der Waals surface area contributed by atoms with E-state index in [0.29, 0.717) is 11.4 Å². The van der Waals surface area contributed by atoms with Crippen LogP contribution in [0.1, 0.15) is 27.7 Å². The molecule has 0 bridgehead atoms. The number of rotatable bonds is 3. The zero-order chi connectivity index (χ0) is 19.8. The molecule has 5 nitrogen and oxygen atoms in total. The van der Waals surface area contributed by atoms with Gasteiger partial charge in [-0.05, 0) is 49.7 Å². The predicted molar refractivity (Wildman–Crippen MR) is 112 cm³/mol. The Bertz CT molecular complexity index is 1090. The first kappa shape index (κ1) is 18.7. The number of carbonyl (C=O) groups is 1. The van der Waals surface area contributed by atoms with Crippen molar-refractivity contribution in [2.45, 2.75) is 24.8 Å². The van der Waals surface area contributed by atoms with Crippen LogP contribution in [0.5, 0.6) is 0 Å². The van der Waals surface area contributed by atoms with E-state index in [-0.39, 0.29) is 5.91 Å². The quantitative estimate of drug-likeness (QED) is 0.388. The zero-order valence-corrected chi connectivity index (χ0v) is 16.9. The van der Waals surface area contributed by atoms with Gasteiger partial charge in [0.15, 0.2) is 0 Å². The summed E-state index contributed by atoms with van der Waals surface area (Å²) in [4.78, 5) is 12.2. The summed E-state index contributed by atoms with van der Waals surface area (Å²) < 4.78 is 1.77. The molecule has 1 amide bonds. The van der Waals surface area contributed by atoms with Gasteiger partial charge in [-0.15, -0.1) is 0 Å². The van der Waals surface area contributed by atoms with Gasteiger partial charge >= 0.3 is 0 Å². The van der Waals surface area contributed by atoms with Crippen molar-refractivity contribution >= 4 is 40.5 Å². The number of benzene rings is 2. The maximum atomic E-state index is 12.9. The van der Waals surface area contributed by atoms with E-state index in [1.54, 1.807) is 10.8 Å². The minimum absolute atomic E-state index is 0.275. The van der Waals surface area contributed by atoms with Crippen molar-refractivity contribution in [3.63, 3.8) is 0 Å². The standard InChI is InChI=1S/C21H18Cl2N4O/c1-12-4-3-5-14(10-12)25-26-20-21(28)24-17-7-6-13(2)11-16(17)18-15(19(22)23)8-9-27(18)20/h3-11,19-20H,1-2H3,(H,24,28)/t20-/m1/s1. The van der Waals surface area contributed by atoms with Gasteiger partial charge in [-0.2, -0.15) is 10.2 Å². The Labute approximate surface area is 173 Å². The molecule has 0 aliphatic carbocycles. The Balaban J connectivity index is 1.86. The molecule has 0 saturated carbocycles. The lowest BCUT2D eigenvalue weighted by molar-refractivity contribution is -0.119. The van der Waals surface area contributed by atoms with Crippen LogP contribution >= 0.6 is 23.2 Å². The third kappa shape index (κ3) is 3.43. The normalized spacial score (nSPS) is 16.0. The minimum Gasteiger partial charge on any atom is -0.322 e. The first-order chi connectivity index (χ1) is 13.4. The van der Waals surface area contributed by atoms with Crippen molar-refractivity contribution in [3.8, 4) is 11.3 Å². The van der Waals surface area contributed by atoms with Crippen molar-refractivity contribution < 1.29 is 4.79 Å². The van der Waals surface area contributed by atoms with Gasteiger partial charge in [-0.3, -0.25) is 4.79 Å². The van der Waals surface area contributed by atoms with Crippen LogP contribution in [0.15, 0.2) is 65.0 Å². The molecule has 0 fully saturated rings. The highest BCUT2D eigenvalue weighted by Crippen LogP contribution is 2.42. The Hall–Kier alpha value is -2.63. The summed E-state index contributed by atoms with van der Waals surface area (Å²) in [6.07, 6.45) is 0.906. The number of alkyl halides is 2. The number of nitrogens with one attached hydrogen (secondary N) is 1. The number of hydrogen-bond donors (Lipinski definition) is 1. The van der Waals surface area contributed by atoms with Crippen LogP contribution in [0.25, 0.3) is 11.3 Å². The van der Waals surface area contributed by atoms with E-state index >= 15 is 0 Å². The zero-order valence-electron chi connectivity index (χ0n) is 15.4. The summed E-state index contributed by atoms with van der Waals surface area (Å²) in [6.45, 7) is 3.97. The summed E-state index contributed by atoms with van der Waals surface area (Å²) in [5.41, 5.74) is 5.86. The largest absolute Gasteiger partial charge is 0.322 e. The average molecular weight is 413 g/mol. The number of anilines is 1. The van der Waals surface area contributed by atoms with Crippen LogP contribution < -0.4 is 5.32 Å². The van der Waals surface area contributed by atoms with Crippen LogP contribution in [-0.2, 0) is 4.79 Å². The fourth-order valence-electron chi connectivity index (χ4n) is 3.34. The molecular weight excluding hydrogens is 395 g/mol. The molecule has 0 spiro atoms. The Morgan fingerprint density at radius 1 is 1.07 bits per heavy atom. The second kappa shape index (κ2) is 7.41. The minimum atomic E-state index is -0.871. The average Bonchev–Trinajstić information content (AvgIpc) is 3.04. The van der Waals surface area contributed by atoms with Gasteiger partial charge in [0.25, 0.3) is 5.91 Å². The first-order valence-corrected chi connectivity index (χ1v) is 9.69. The van der Waals surface area contributed by atoms with E-state index in [4.69, 9.17) is 23.2 Å². The lowest BCUT2D eigenvalue weighted by atomic mass is 10.0. The summed E-state index contributed by atoms with van der Waals surface area (Å²) >= 11 is 12.4. The van der Waals surface area contributed by atoms with E-state index in [1.165, 1.54) is 0 Å². The second-order valence-corrected chi connectivity index (χ2v) is 7.89. The number of nitrogens with zero attached hydrogens (tertiary/aromatic N) is 3. The molecule has 142 valence electrons. The van der Waals surface area contributed by atoms with E-state index in [0.717, 1.165) is 27.9 Å². The van der Waals surface area contributed by atoms with Gasteiger partial charge < -0.3 is 9.88 Å². The molecule has 7 heteroatoms. The molecular formula is C21H18Cl2N4O. The lowest BCUT2D eigenvalue weighted by Gasteiger charge is -2.14. The maximum Gasteiger partial charge on any atom is 0.272 e. The number of halogens is 2. The van der Waals surface area contributed by atoms with Crippen LogP contribution in [0.4, 0.5) is 11.4 Å². The molecule has 28 heavy (non-hydrogen) atoms. The molecule has 3 aromatic rings. The van der Waals surface area contributed by atoms with Gasteiger partial charge in [-0.1, -0.05) is 47.0 Å². The summed E-state index contributed by atoms with van der Waals surface area (Å²) in [5, 5.41) is 11.6. The van der Waals surface area contributed by atoms with Crippen molar-refractivity contribution in [1.82, 2.24) is 4.57 Å². The molecule has 1 N–H and O–H groups in total. The lowest BCUT2D eigenvalue weighted by Crippen LogP contribution is -2.22. The number of aryl methyl sites for hydroxylation is 2. The Morgan fingerprint density at radius 2 is 1.86 bits per heavy atom. The molecule has 1 atom stereocenters. The summed E-state index contributed by atoms with van der Waals surface area (Å²) in [6, 6.07) is 15.3. The SMILES string of the molecule is Cc1cccc(N=N[C@H]2C(=O)Nc3ccc(C)cc3-c3c(C(Cl)Cl)ccn32)c1. The molecule has 0 radical (unpaired) electrons. The van der Waals surface area contributed by atoms with E-state index in [9.17, 15) is 4.79 Å². The highest BCUT2D eigenvalue weighted by molar-refractivity contribution is 6.44. The monoisotopic (exact) mass is 412 g/mol. The van der Waals surface area contributed by atoms with Crippen LogP contribution in [0, 0.1) is 13.8 Å². The smallest absolute Gasteiger partial charge is 0.272 e. The van der Waals surface area contributed by atoms with Gasteiger partial charge in [-0.25, -0.2) is 0 Å². The highest BCUT2D eigenvalue weighted by Gasteiger charge is 2.31. The predicted octanol–water partition coefficient (Wildman–Crippen LogP) is 6.48. The van der Waals surface area contributed by atoms with Gasteiger partial charge in [0, 0.05) is 17.3 Å². The van der Waals surface area contributed by atoms with Gasteiger partial charge in [0.1, 0.15) is 4.84 Å². The Morgan fingerprint density at radius 3 is 2.61 bits per heavy atom. The number of amides is 1. The molecule has 1 aliphatic rings. The third-order valence-electron chi connectivity index (χ3n) is 4.65. The number of hydrogen-bond acceptors (Lipinski definition) is 3.